The molecule has 0 radical (unpaired) electrons. The Morgan fingerprint density at radius 2 is 1.69 bits per heavy atom. The predicted octanol–water partition coefficient (Wildman–Crippen LogP) is 1.46. The van der Waals surface area contributed by atoms with Gasteiger partial charge < -0.3 is 31.1 Å². The van der Waals surface area contributed by atoms with E-state index in [1.807, 2.05) is 6.07 Å². The average Bonchev–Trinajstić information content (AvgIpc) is 2.90. The molecule has 0 aromatic heterocycles. The van der Waals surface area contributed by atoms with E-state index >= 15 is 0 Å². The SMILES string of the molecule is CN(C)c1cc(C(=O)Cc2ccccc2)c(O)c2c1C[C@H]1C[C@H]3[C@H](N(C)C)C(=O)C(C(N)=O)=C(O)[C@@]3(O)C(=O)C1=C2O. The van der Waals surface area contributed by atoms with Crippen molar-refractivity contribution in [2.24, 2.45) is 17.6 Å². The fourth-order valence-electron chi connectivity index (χ4n) is 6.78. The molecule has 6 N–H and O–H groups in total. The van der Waals surface area contributed by atoms with Crippen LogP contribution in [0.2, 0.25) is 0 Å². The molecule has 0 unspecified atom stereocenters. The summed E-state index contributed by atoms with van der Waals surface area (Å²) < 4.78 is 0. The van der Waals surface area contributed by atoms with Crippen LogP contribution in [0.3, 0.4) is 0 Å². The second-order valence-electron chi connectivity index (χ2n) is 11.6. The summed E-state index contributed by atoms with van der Waals surface area (Å²) in [5.74, 6) is -7.80. The molecule has 0 heterocycles. The van der Waals surface area contributed by atoms with Gasteiger partial charge in [-0.1, -0.05) is 30.3 Å². The summed E-state index contributed by atoms with van der Waals surface area (Å²) in [7, 11) is 6.58. The molecular weight excluding hydrogens is 542 g/mol. The normalized spacial score (nSPS) is 25.2. The molecule has 0 spiro atoms. The van der Waals surface area contributed by atoms with Crippen LogP contribution >= 0.6 is 0 Å². The number of ketones is 3. The van der Waals surface area contributed by atoms with Crippen molar-refractivity contribution in [1.82, 2.24) is 4.90 Å². The van der Waals surface area contributed by atoms with Crippen LogP contribution in [0.15, 0.2) is 53.3 Å². The van der Waals surface area contributed by atoms with E-state index in [4.69, 9.17) is 5.73 Å². The van der Waals surface area contributed by atoms with Gasteiger partial charge in [0.1, 0.15) is 22.8 Å². The second-order valence-corrected chi connectivity index (χ2v) is 11.6. The molecule has 5 rings (SSSR count). The molecule has 0 saturated heterocycles. The maximum Gasteiger partial charge on any atom is 0.255 e. The molecule has 2 aromatic carbocycles. The minimum Gasteiger partial charge on any atom is -0.508 e. The van der Waals surface area contributed by atoms with Crippen molar-refractivity contribution in [2.45, 2.75) is 30.9 Å². The van der Waals surface area contributed by atoms with Gasteiger partial charge in [-0.25, -0.2) is 0 Å². The molecule has 11 heteroatoms. The number of phenols is 1. The van der Waals surface area contributed by atoms with Crippen LogP contribution in [-0.2, 0) is 27.2 Å². The van der Waals surface area contributed by atoms with Crippen LogP contribution in [0.25, 0.3) is 5.76 Å². The number of amides is 1. The largest absolute Gasteiger partial charge is 0.508 e. The summed E-state index contributed by atoms with van der Waals surface area (Å²) >= 11 is 0. The Morgan fingerprint density at radius 1 is 1.05 bits per heavy atom. The van der Waals surface area contributed by atoms with E-state index in [0.717, 1.165) is 5.56 Å². The van der Waals surface area contributed by atoms with Gasteiger partial charge >= 0.3 is 0 Å². The number of phenolic OH excluding ortho intramolecular Hbond substituents is 1. The molecule has 4 atom stereocenters. The smallest absolute Gasteiger partial charge is 0.255 e. The van der Waals surface area contributed by atoms with Crippen LogP contribution in [0.4, 0.5) is 5.69 Å². The summed E-state index contributed by atoms with van der Waals surface area (Å²) in [5, 5.41) is 45.8. The fourth-order valence-corrected chi connectivity index (χ4v) is 6.78. The molecule has 2 aromatic rings. The number of Topliss-reactive ketones (excluding diaryl/α,β-unsaturated/α-hetero) is 3. The highest BCUT2D eigenvalue weighted by Crippen LogP contribution is 2.54. The van der Waals surface area contributed by atoms with E-state index in [-0.39, 0.29) is 36.0 Å². The van der Waals surface area contributed by atoms with Crippen LogP contribution in [0.1, 0.15) is 33.5 Å². The number of nitrogens with zero attached hydrogens (tertiary/aromatic N) is 2. The molecular formula is C31H33N3O8. The zero-order chi connectivity index (χ0) is 30.8. The van der Waals surface area contributed by atoms with Gasteiger partial charge in [-0.2, -0.15) is 0 Å². The van der Waals surface area contributed by atoms with Gasteiger partial charge in [0.15, 0.2) is 17.2 Å². The first kappa shape index (κ1) is 29.0. The van der Waals surface area contributed by atoms with Crippen molar-refractivity contribution >= 4 is 34.7 Å². The third kappa shape index (κ3) is 4.11. The number of aromatic hydroxyl groups is 1. The first-order valence-electron chi connectivity index (χ1n) is 13.5. The van der Waals surface area contributed by atoms with Crippen LogP contribution in [-0.4, -0.2) is 88.4 Å². The number of aliphatic hydroxyl groups is 3. The third-order valence-corrected chi connectivity index (χ3v) is 8.69. The Bertz CT molecular complexity index is 1610. The lowest BCUT2D eigenvalue weighted by Crippen LogP contribution is -2.65. The summed E-state index contributed by atoms with van der Waals surface area (Å²) in [6.07, 6.45) is 0.0890. The molecule has 42 heavy (non-hydrogen) atoms. The molecule has 1 saturated carbocycles. The van der Waals surface area contributed by atoms with Gasteiger partial charge in [0.05, 0.1) is 17.2 Å². The monoisotopic (exact) mass is 575 g/mol. The Labute approximate surface area is 242 Å². The average molecular weight is 576 g/mol. The zero-order valence-electron chi connectivity index (χ0n) is 23.7. The van der Waals surface area contributed by atoms with Crippen molar-refractivity contribution in [2.75, 3.05) is 33.1 Å². The Morgan fingerprint density at radius 3 is 2.26 bits per heavy atom. The van der Waals surface area contributed by atoms with Gasteiger partial charge in [-0.3, -0.25) is 24.1 Å². The number of hydrogen-bond donors (Lipinski definition) is 5. The predicted molar refractivity (Wildman–Crippen MR) is 153 cm³/mol. The first-order valence-corrected chi connectivity index (χ1v) is 13.5. The summed E-state index contributed by atoms with van der Waals surface area (Å²) in [5.41, 5.74) is 3.08. The van der Waals surface area contributed by atoms with Crippen LogP contribution < -0.4 is 10.6 Å². The van der Waals surface area contributed by atoms with Gasteiger partial charge in [0.25, 0.3) is 5.91 Å². The quantitative estimate of drug-likeness (QED) is 0.250. The topological polar surface area (TPSA) is 182 Å². The molecule has 1 amide bonds. The minimum absolute atomic E-state index is 0.0190. The van der Waals surface area contributed by atoms with E-state index < -0.39 is 69.6 Å². The van der Waals surface area contributed by atoms with E-state index in [2.05, 4.69) is 0 Å². The van der Waals surface area contributed by atoms with E-state index in [0.29, 0.717) is 11.3 Å². The van der Waals surface area contributed by atoms with Crippen molar-refractivity contribution < 1.29 is 39.6 Å². The summed E-state index contributed by atoms with van der Waals surface area (Å²) in [6.45, 7) is 0. The van der Waals surface area contributed by atoms with E-state index in [1.54, 1.807) is 63.4 Å². The number of rotatable bonds is 6. The van der Waals surface area contributed by atoms with Crippen molar-refractivity contribution in [3.63, 3.8) is 0 Å². The molecule has 0 bridgehead atoms. The molecule has 220 valence electrons. The van der Waals surface area contributed by atoms with E-state index in [9.17, 15) is 39.6 Å². The molecule has 3 aliphatic rings. The molecule has 11 nitrogen and oxygen atoms in total. The second kappa shape index (κ2) is 10.1. The lowest BCUT2D eigenvalue weighted by Gasteiger charge is -2.50. The Balaban J connectivity index is 1.71. The van der Waals surface area contributed by atoms with E-state index in [1.165, 1.54) is 4.90 Å². The number of primary amides is 1. The number of fused-ring (bicyclic) bond motifs is 3. The van der Waals surface area contributed by atoms with Crippen LogP contribution in [0, 0.1) is 11.8 Å². The lowest BCUT2D eigenvalue weighted by molar-refractivity contribution is -0.153. The number of carbonyl (C=O) groups excluding carboxylic acids is 4. The van der Waals surface area contributed by atoms with Crippen molar-refractivity contribution in [3.05, 3.63) is 75.6 Å². The van der Waals surface area contributed by atoms with Crippen molar-refractivity contribution in [3.8, 4) is 5.75 Å². The molecule has 3 aliphatic carbocycles. The van der Waals surface area contributed by atoms with Gasteiger partial charge in [-0.15, -0.1) is 0 Å². The van der Waals surface area contributed by atoms with Gasteiger partial charge in [-0.05, 0) is 50.0 Å². The number of benzene rings is 2. The standard InChI is InChI=1S/C31H33N3O8/c1-33(2)19-13-17(20(35)10-14-8-6-5-7-9-14)25(36)22-16(19)11-15-12-18-24(34(3)4)27(38)23(30(32)41)29(40)31(18,42)28(39)21(15)26(22)37/h5-9,13,15,18,24,36-37,40,42H,10-12H2,1-4H3,(H2,32,41)/t15-,18-,24-,31-/m0/s1. The lowest BCUT2D eigenvalue weighted by atomic mass is 9.57. The fraction of sp³-hybridized carbons (Fsp3) is 0.355. The number of anilines is 1. The summed E-state index contributed by atoms with van der Waals surface area (Å²) in [4.78, 5) is 56.0. The van der Waals surface area contributed by atoms with Crippen molar-refractivity contribution in [1.29, 1.82) is 0 Å². The minimum atomic E-state index is -2.73. The van der Waals surface area contributed by atoms with Crippen LogP contribution in [0.5, 0.6) is 5.75 Å². The molecule has 1 fully saturated rings. The highest BCUT2D eigenvalue weighted by atomic mass is 16.3. The number of likely N-dealkylation sites (N-methyl/N-ethyl adjacent to an activating group) is 1. The van der Waals surface area contributed by atoms with Gasteiger partial charge in [0, 0.05) is 37.7 Å². The zero-order valence-corrected chi connectivity index (χ0v) is 23.7. The Kier molecular flexibility index (Phi) is 6.99. The highest BCUT2D eigenvalue weighted by molar-refractivity contribution is 6.24. The molecule has 0 aliphatic heterocycles. The maximum absolute atomic E-state index is 14.1. The highest BCUT2D eigenvalue weighted by Gasteiger charge is 2.64. The summed E-state index contributed by atoms with van der Waals surface area (Å²) in [6, 6.07) is 9.34. The number of nitrogens with two attached hydrogens (primary N) is 1. The number of carbonyl (C=O) groups is 4. The number of aliphatic hydroxyl groups excluding tert-OH is 2. The maximum atomic E-state index is 14.1. The van der Waals surface area contributed by atoms with Gasteiger partial charge in [0.2, 0.25) is 5.78 Å². The number of hydrogen-bond acceptors (Lipinski definition) is 10. The first-order chi connectivity index (χ1) is 19.7. The third-order valence-electron chi connectivity index (χ3n) is 8.69. The Hall–Kier alpha value is -4.48.